The Morgan fingerprint density at radius 2 is 2.00 bits per heavy atom. The van der Waals surface area contributed by atoms with Gasteiger partial charge in [0.2, 0.25) is 5.91 Å². The molecule has 1 aliphatic heterocycles. The fourth-order valence-electron chi connectivity index (χ4n) is 3.88. The van der Waals surface area contributed by atoms with Gasteiger partial charge in [-0.3, -0.25) is 14.5 Å². The van der Waals surface area contributed by atoms with Gasteiger partial charge in [0.1, 0.15) is 6.04 Å². The van der Waals surface area contributed by atoms with Crippen LogP contribution < -0.4 is 0 Å². The lowest BCUT2D eigenvalue weighted by Crippen LogP contribution is -2.44. The van der Waals surface area contributed by atoms with Gasteiger partial charge in [-0.2, -0.15) is 0 Å². The molecule has 0 bridgehead atoms. The highest BCUT2D eigenvalue weighted by Crippen LogP contribution is 2.33. The van der Waals surface area contributed by atoms with Gasteiger partial charge in [0.25, 0.3) is 0 Å². The number of carboxylic acid groups (broad SMARTS) is 1. The lowest BCUT2D eigenvalue weighted by atomic mass is 9.87. The van der Waals surface area contributed by atoms with Crippen LogP contribution in [0.15, 0.2) is 24.3 Å². The first kappa shape index (κ1) is 18.7. The van der Waals surface area contributed by atoms with Gasteiger partial charge in [0.05, 0.1) is 12.6 Å². The van der Waals surface area contributed by atoms with Gasteiger partial charge >= 0.3 is 5.97 Å². The van der Waals surface area contributed by atoms with Crippen LogP contribution >= 0.6 is 12.4 Å². The van der Waals surface area contributed by atoms with E-state index in [0.717, 1.165) is 25.7 Å². The number of hydrogen-bond donors (Lipinski definition) is 1. The average molecular weight is 353 g/mol. The predicted octanol–water partition coefficient (Wildman–Crippen LogP) is 2.49. The summed E-state index contributed by atoms with van der Waals surface area (Å²) in [6.45, 7) is 0.893. The van der Waals surface area contributed by atoms with Crippen molar-refractivity contribution < 1.29 is 14.7 Å². The summed E-state index contributed by atoms with van der Waals surface area (Å²) in [6.07, 6.45) is 4.61. The van der Waals surface area contributed by atoms with Crippen LogP contribution in [-0.2, 0) is 16.0 Å². The molecule has 1 heterocycles. The first-order valence-electron chi connectivity index (χ1n) is 8.38. The minimum Gasteiger partial charge on any atom is -0.480 e. The van der Waals surface area contributed by atoms with Crippen molar-refractivity contribution in [3.8, 4) is 0 Å². The number of fused-ring (bicyclic) bond motifs is 1. The van der Waals surface area contributed by atoms with Crippen molar-refractivity contribution in [3.63, 3.8) is 0 Å². The number of likely N-dealkylation sites (tertiary alicyclic amines) is 1. The lowest BCUT2D eigenvalue weighted by Gasteiger charge is -2.34. The number of aryl methyl sites for hydroxylation is 1. The number of aliphatic carboxylic acids is 1. The summed E-state index contributed by atoms with van der Waals surface area (Å²) in [5.74, 6) is -0.805. The molecule has 5 nitrogen and oxygen atoms in total. The van der Waals surface area contributed by atoms with Crippen LogP contribution in [0.4, 0.5) is 0 Å². The molecule has 1 saturated heterocycles. The molecular formula is C18H25ClN2O3. The maximum atomic E-state index is 12.7. The van der Waals surface area contributed by atoms with E-state index >= 15 is 0 Å². The largest absolute Gasteiger partial charge is 0.480 e. The van der Waals surface area contributed by atoms with Crippen LogP contribution in [0.25, 0.3) is 0 Å². The fraction of sp³-hybridized carbons (Fsp3) is 0.556. The Hall–Kier alpha value is -1.59. The third-order valence-electron chi connectivity index (χ3n) is 5.19. The topological polar surface area (TPSA) is 60.9 Å². The number of carbonyl (C=O) groups is 2. The second kappa shape index (κ2) is 7.99. The fourth-order valence-corrected chi connectivity index (χ4v) is 3.88. The molecule has 2 aliphatic rings. The van der Waals surface area contributed by atoms with Gasteiger partial charge < -0.3 is 10.0 Å². The van der Waals surface area contributed by atoms with E-state index in [1.54, 1.807) is 4.90 Å². The highest BCUT2D eigenvalue weighted by Gasteiger charge is 2.34. The van der Waals surface area contributed by atoms with Crippen molar-refractivity contribution >= 4 is 24.3 Å². The number of carboxylic acids is 1. The summed E-state index contributed by atoms with van der Waals surface area (Å²) >= 11 is 0. The molecule has 1 aromatic carbocycles. The molecule has 0 radical (unpaired) electrons. The Balaban J connectivity index is 0.00000208. The number of rotatable bonds is 4. The van der Waals surface area contributed by atoms with Crippen molar-refractivity contribution in [2.45, 2.75) is 44.2 Å². The zero-order valence-electron chi connectivity index (χ0n) is 14.0. The van der Waals surface area contributed by atoms with Crippen molar-refractivity contribution in [1.29, 1.82) is 0 Å². The Kier molecular flexibility index (Phi) is 6.24. The number of halogens is 1. The maximum Gasteiger partial charge on any atom is 0.320 e. The first-order valence-corrected chi connectivity index (χ1v) is 8.38. The number of nitrogens with zero attached hydrogens (tertiary/aromatic N) is 2. The molecule has 1 N–H and O–H groups in total. The highest BCUT2D eigenvalue weighted by molar-refractivity contribution is 5.85. The van der Waals surface area contributed by atoms with E-state index in [4.69, 9.17) is 0 Å². The first-order chi connectivity index (χ1) is 11.1. The van der Waals surface area contributed by atoms with Crippen molar-refractivity contribution in [3.05, 3.63) is 35.4 Å². The summed E-state index contributed by atoms with van der Waals surface area (Å²) in [7, 11) is 1.85. The van der Waals surface area contributed by atoms with E-state index in [0.29, 0.717) is 13.0 Å². The third kappa shape index (κ3) is 3.73. The minimum absolute atomic E-state index is 0. The molecule has 6 heteroatoms. The second-order valence-electron chi connectivity index (χ2n) is 6.58. The normalized spacial score (nSPS) is 23.2. The monoisotopic (exact) mass is 352 g/mol. The number of hydrogen-bond acceptors (Lipinski definition) is 3. The van der Waals surface area contributed by atoms with Crippen molar-refractivity contribution in [1.82, 2.24) is 9.80 Å². The molecule has 2 unspecified atom stereocenters. The predicted molar refractivity (Wildman–Crippen MR) is 94.4 cm³/mol. The standard InChI is InChI=1S/C18H24N2O3.ClH/c1-19(15-9-4-7-13-6-2-3-8-14(13)15)17(21)12-20-11-5-10-16(20)18(22)23;/h2-3,6,8,15-16H,4-5,7,9-12H2,1H3,(H,22,23);1H. The Bertz CT molecular complexity index is 608. The van der Waals surface area contributed by atoms with E-state index in [1.165, 1.54) is 11.1 Å². The number of benzene rings is 1. The highest BCUT2D eigenvalue weighted by atomic mass is 35.5. The van der Waals surface area contributed by atoms with Crippen LogP contribution in [0.3, 0.4) is 0 Å². The molecule has 0 aromatic heterocycles. The molecule has 132 valence electrons. The molecule has 0 saturated carbocycles. The molecule has 1 aliphatic carbocycles. The molecule has 0 spiro atoms. The maximum absolute atomic E-state index is 12.7. The third-order valence-corrected chi connectivity index (χ3v) is 5.19. The molecule has 1 aromatic rings. The smallest absolute Gasteiger partial charge is 0.320 e. The van der Waals surface area contributed by atoms with E-state index in [-0.39, 0.29) is 30.9 Å². The van der Waals surface area contributed by atoms with Crippen LogP contribution in [0, 0.1) is 0 Å². The molecule has 1 amide bonds. The summed E-state index contributed by atoms with van der Waals surface area (Å²) < 4.78 is 0. The zero-order chi connectivity index (χ0) is 16.4. The summed E-state index contributed by atoms with van der Waals surface area (Å²) in [5.41, 5.74) is 2.57. The van der Waals surface area contributed by atoms with Gasteiger partial charge in [-0.1, -0.05) is 24.3 Å². The Labute approximate surface area is 149 Å². The van der Waals surface area contributed by atoms with E-state index in [2.05, 4.69) is 12.1 Å². The van der Waals surface area contributed by atoms with Crippen molar-refractivity contribution in [2.75, 3.05) is 20.1 Å². The number of likely N-dealkylation sites (N-methyl/N-ethyl adjacent to an activating group) is 1. The quantitative estimate of drug-likeness (QED) is 0.904. The van der Waals surface area contributed by atoms with E-state index in [1.807, 2.05) is 24.1 Å². The molecule has 1 fully saturated rings. The van der Waals surface area contributed by atoms with Gasteiger partial charge in [-0.15, -0.1) is 12.4 Å². The van der Waals surface area contributed by atoms with Crippen molar-refractivity contribution in [2.24, 2.45) is 0 Å². The Morgan fingerprint density at radius 3 is 2.75 bits per heavy atom. The molecular weight excluding hydrogens is 328 g/mol. The summed E-state index contributed by atoms with van der Waals surface area (Å²) in [6, 6.07) is 7.92. The van der Waals surface area contributed by atoms with Crippen LogP contribution in [-0.4, -0.2) is 53.0 Å². The summed E-state index contributed by atoms with van der Waals surface area (Å²) in [5, 5.41) is 9.25. The second-order valence-corrected chi connectivity index (χ2v) is 6.58. The SMILES string of the molecule is CN(C(=O)CN1CCCC1C(=O)O)C1CCCc2ccccc21.Cl. The number of carbonyl (C=O) groups excluding carboxylic acids is 1. The van der Waals surface area contributed by atoms with Crippen LogP contribution in [0.2, 0.25) is 0 Å². The molecule has 24 heavy (non-hydrogen) atoms. The lowest BCUT2D eigenvalue weighted by molar-refractivity contribution is -0.143. The van der Waals surface area contributed by atoms with Gasteiger partial charge in [0.15, 0.2) is 0 Å². The Morgan fingerprint density at radius 1 is 1.25 bits per heavy atom. The average Bonchev–Trinajstić information content (AvgIpc) is 3.02. The van der Waals surface area contributed by atoms with Gasteiger partial charge in [-0.25, -0.2) is 0 Å². The molecule has 3 rings (SSSR count). The van der Waals surface area contributed by atoms with Crippen LogP contribution in [0.1, 0.15) is 42.9 Å². The molecule has 2 atom stereocenters. The zero-order valence-corrected chi connectivity index (χ0v) is 14.8. The van der Waals surface area contributed by atoms with E-state index < -0.39 is 12.0 Å². The van der Waals surface area contributed by atoms with E-state index in [9.17, 15) is 14.7 Å². The minimum atomic E-state index is -0.819. The number of amides is 1. The summed E-state index contributed by atoms with van der Waals surface area (Å²) in [4.78, 5) is 27.5. The van der Waals surface area contributed by atoms with Gasteiger partial charge in [0, 0.05) is 7.05 Å². The van der Waals surface area contributed by atoms with Gasteiger partial charge in [-0.05, 0) is 49.8 Å². The van der Waals surface area contributed by atoms with Crippen LogP contribution in [0.5, 0.6) is 0 Å².